The predicted molar refractivity (Wildman–Crippen MR) is 88.9 cm³/mol. The molecule has 1 rings (SSSR count). The van der Waals surface area contributed by atoms with Gasteiger partial charge in [0.15, 0.2) is 0 Å². The van der Waals surface area contributed by atoms with Gasteiger partial charge in [0, 0.05) is 5.52 Å². The number of rotatable bonds is 7. The first kappa shape index (κ1) is 21.5. The van der Waals surface area contributed by atoms with E-state index < -0.39 is 0 Å². The molecule has 0 saturated heterocycles. The van der Waals surface area contributed by atoms with Gasteiger partial charge < -0.3 is 22.8 Å². The maximum absolute atomic E-state index is 12.5. The SMILES string of the molecule is COc1cccc(OC)c1C(=O)[P-]CC(C)CC(C)(C)C.[Li+]. The maximum Gasteiger partial charge on any atom is 1.00 e. The molecule has 1 aromatic rings. The van der Waals surface area contributed by atoms with Gasteiger partial charge in [0.25, 0.3) is 0 Å². The number of methoxy groups -OCH3 is 2. The van der Waals surface area contributed by atoms with Crippen LogP contribution in [0.3, 0.4) is 0 Å². The Kier molecular flexibility index (Phi) is 9.40. The van der Waals surface area contributed by atoms with Gasteiger partial charge in [0.1, 0.15) is 11.5 Å². The van der Waals surface area contributed by atoms with E-state index >= 15 is 0 Å². The molecule has 5 heteroatoms. The molecule has 0 bridgehead atoms. The Bertz CT molecular complexity index is 461. The van der Waals surface area contributed by atoms with Crippen LogP contribution in [0.15, 0.2) is 18.2 Å². The Morgan fingerprint density at radius 3 is 2.09 bits per heavy atom. The first-order valence-corrected chi connectivity index (χ1v) is 8.29. The van der Waals surface area contributed by atoms with Gasteiger partial charge in [-0.1, -0.05) is 39.7 Å². The predicted octanol–water partition coefficient (Wildman–Crippen LogP) is 1.87. The molecule has 0 amide bonds. The Morgan fingerprint density at radius 2 is 1.68 bits per heavy atom. The summed E-state index contributed by atoms with van der Waals surface area (Å²) in [5.41, 5.74) is 0.900. The van der Waals surface area contributed by atoms with Crippen molar-refractivity contribution < 1.29 is 33.1 Å². The standard InChI is InChI=1S/C17H26O3P.Li/c1-12(10-17(2,3)4)11-21-16(18)15-13(19-5)8-7-9-14(15)20-6;/h7-9,12H,10-11H2,1-6H3;/q-1;+1. The Labute approximate surface area is 148 Å². The van der Waals surface area contributed by atoms with Crippen molar-refractivity contribution in [2.24, 2.45) is 11.3 Å². The van der Waals surface area contributed by atoms with Crippen molar-refractivity contribution in [2.75, 3.05) is 20.4 Å². The number of ether oxygens (including phenoxy) is 2. The van der Waals surface area contributed by atoms with E-state index in [1.54, 1.807) is 26.4 Å². The van der Waals surface area contributed by atoms with Crippen molar-refractivity contribution in [1.29, 1.82) is 0 Å². The van der Waals surface area contributed by atoms with E-state index in [2.05, 4.69) is 27.7 Å². The normalized spacial score (nSPS) is 12.8. The van der Waals surface area contributed by atoms with Crippen LogP contribution in [-0.4, -0.2) is 25.9 Å². The summed E-state index contributed by atoms with van der Waals surface area (Å²) in [6.45, 7) is 8.88. The molecule has 0 spiro atoms. The van der Waals surface area contributed by atoms with Crippen LogP contribution < -0.4 is 28.3 Å². The van der Waals surface area contributed by atoms with E-state index in [9.17, 15) is 4.79 Å². The molecule has 1 atom stereocenters. The molecule has 0 aliphatic heterocycles. The van der Waals surface area contributed by atoms with E-state index in [1.807, 2.05) is 6.07 Å². The summed E-state index contributed by atoms with van der Waals surface area (Å²) in [4.78, 5) is 12.5. The monoisotopic (exact) mass is 316 g/mol. The van der Waals surface area contributed by atoms with E-state index in [0.29, 0.717) is 28.4 Å². The minimum absolute atomic E-state index is 0. The van der Waals surface area contributed by atoms with Gasteiger partial charge in [-0.05, 0) is 24.0 Å². The fraction of sp³-hybridized carbons (Fsp3) is 0.588. The van der Waals surface area contributed by atoms with Gasteiger partial charge in [-0.25, -0.2) is 0 Å². The van der Waals surface area contributed by atoms with Crippen LogP contribution in [0.1, 0.15) is 44.5 Å². The summed E-state index contributed by atoms with van der Waals surface area (Å²) in [5, 5.41) is 0. The number of hydrogen-bond acceptors (Lipinski definition) is 3. The molecular weight excluding hydrogens is 290 g/mol. The zero-order valence-electron chi connectivity index (χ0n) is 14.9. The summed E-state index contributed by atoms with van der Waals surface area (Å²) >= 11 is 0. The quantitative estimate of drug-likeness (QED) is 0.569. The molecule has 0 aliphatic carbocycles. The average Bonchev–Trinajstić information content (AvgIpc) is 2.41. The second kappa shape index (κ2) is 9.61. The fourth-order valence-electron chi connectivity index (χ4n) is 2.49. The van der Waals surface area contributed by atoms with E-state index in [-0.39, 0.29) is 24.4 Å². The second-order valence-electron chi connectivity index (χ2n) is 6.55. The van der Waals surface area contributed by atoms with Crippen LogP contribution >= 0.6 is 8.58 Å². The molecule has 22 heavy (non-hydrogen) atoms. The molecule has 0 heterocycles. The van der Waals surface area contributed by atoms with Crippen LogP contribution in [0.4, 0.5) is 0 Å². The molecule has 0 fully saturated rings. The zero-order chi connectivity index (χ0) is 16.0. The fourth-order valence-corrected chi connectivity index (χ4v) is 3.47. The van der Waals surface area contributed by atoms with Crippen molar-refractivity contribution in [1.82, 2.24) is 0 Å². The van der Waals surface area contributed by atoms with E-state index in [0.717, 1.165) is 21.2 Å². The number of benzene rings is 1. The maximum atomic E-state index is 12.5. The Hall–Kier alpha value is -0.483. The summed E-state index contributed by atoms with van der Waals surface area (Å²) in [7, 11) is 3.94. The van der Waals surface area contributed by atoms with Crippen molar-refractivity contribution in [3.05, 3.63) is 23.8 Å². The Balaban J connectivity index is 0.00000441. The molecule has 3 nitrogen and oxygen atoms in total. The van der Waals surface area contributed by atoms with Gasteiger partial charge >= 0.3 is 18.9 Å². The molecule has 0 N–H and O–H groups in total. The minimum atomic E-state index is 0. The first-order valence-electron chi connectivity index (χ1n) is 7.21. The van der Waals surface area contributed by atoms with Gasteiger partial charge in [-0.15, -0.1) is 0 Å². The average molecular weight is 316 g/mol. The number of hydrogen-bond donors (Lipinski definition) is 0. The summed E-state index contributed by atoms with van der Waals surface area (Å²) in [5.74, 6) is 1.67. The van der Waals surface area contributed by atoms with Crippen LogP contribution in [0.2, 0.25) is 0 Å². The third kappa shape index (κ3) is 6.74. The third-order valence-corrected chi connectivity index (χ3v) is 4.47. The van der Waals surface area contributed by atoms with Crippen LogP contribution in [0, 0.1) is 11.3 Å². The summed E-state index contributed by atoms with van der Waals surface area (Å²) in [6.07, 6.45) is 1.97. The van der Waals surface area contributed by atoms with Gasteiger partial charge in [-0.2, -0.15) is 6.16 Å². The van der Waals surface area contributed by atoms with Crippen molar-refractivity contribution >= 4 is 14.1 Å². The zero-order valence-corrected chi connectivity index (χ0v) is 15.8. The number of carbonyl (C=O) groups is 1. The van der Waals surface area contributed by atoms with Gasteiger partial charge in [-0.3, -0.25) is 0 Å². The minimum Gasteiger partial charge on any atom is -0.496 e. The third-order valence-electron chi connectivity index (χ3n) is 3.15. The molecule has 0 saturated carbocycles. The first-order chi connectivity index (χ1) is 9.78. The Morgan fingerprint density at radius 1 is 1.18 bits per heavy atom. The van der Waals surface area contributed by atoms with Gasteiger partial charge in [0.2, 0.25) is 0 Å². The molecule has 118 valence electrons. The van der Waals surface area contributed by atoms with Crippen LogP contribution in [0.5, 0.6) is 11.5 Å². The van der Waals surface area contributed by atoms with Crippen molar-refractivity contribution in [3.63, 3.8) is 0 Å². The molecule has 1 unspecified atom stereocenters. The van der Waals surface area contributed by atoms with Crippen LogP contribution in [0.25, 0.3) is 0 Å². The molecule has 1 aromatic carbocycles. The second-order valence-corrected chi connectivity index (χ2v) is 7.64. The largest absolute Gasteiger partial charge is 1.00 e. The summed E-state index contributed by atoms with van der Waals surface area (Å²) < 4.78 is 10.6. The van der Waals surface area contributed by atoms with Gasteiger partial charge in [0.05, 0.1) is 19.8 Å². The van der Waals surface area contributed by atoms with Crippen molar-refractivity contribution in [2.45, 2.75) is 34.1 Å². The number of carbonyl (C=O) groups excluding carboxylic acids is 1. The smallest absolute Gasteiger partial charge is 0.496 e. The molecule has 0 radical (unpaired) electrons. The summed E-state index contributed by atoms with van der Waals surface area (Å²) in [6, 6.07) is 5.42. The van der Waals surface area contributed by atoms with E-state index in [1.165, 1.54) is 0 Å². The van der Waals surface area contributed by atoms with Crippen molar-refractivity contribution in [3.8, 4) is 11.5 Å². The van der Waals surface area contributed by atoms with E-state index in [4.69, 9.17) is 9.47 Å². The van der Waals surface area contributed by atoms with Crippen LogP contribution in [-0.2, 0) is 0 Å². The molecule has 0 aliphatic rings. The molecule has 0 aromatic heterocycles. The molecular formula is C17H26LiO3P. The topological polar surface area (TPSA) is 35.5 Å².